The number of hydrogen-bond donors (Lipinski definition) is 0. The van der Waals surface area contributed by atoms with Crippen molar-refractivity contribution >= 4 is 17.9 Å². The van der Waals surface area contributed by atoms with Crippen LogP contribution < -0.4 is 0 Å². The second kappa shape index (κ2) is 46.1. The van der Waals surface area contributed by atoms with Gasteiger partial charge in [-0.2, -0.15) is 0 Å². The van der Waals surface area contributed by atoms with Crippen LogP contribution in [0.15, 0.2) is 48.6 Å². The van der Waals surface area contributed by atoms with Crippen LogP contribution in [-0.4, -0.2) is 37.2 Å². The molecule has 0 bridgehead atoms. The molecule has 1 unspecified atom stereocenters. The van der Waals surface area contributed by atoms with Crippen molar-refractivity contribution in [3.8, 4) is 0 Å². The molecule has 6 nitrogen and oxygen atoms in total. The minimum absolute atomic E-state index is 0.0859. The van der Waals surface area contributed by atoms with E-state index in [1.807, 2.05) is 0 Å². The Labute approximate surface area is 352 Å². The first-order valence-electron chi connectivity index (χ1n) is 24.1. The van der Waals surface area contributed by atoms with E-state index in [9.17, 15) is 14.4 Å². The molecule has 0 aliphatic heterocycles. The zero-order valence-corrected chi connectivity index (χ0v) is 37.6. The molecule has 0 aliphatic carbocycles. The van der Waals surface area contributed by atoms with Gasteiger partial charge in [0.15, 0.2) is 6.10 Å². The summed E-state index contributed by atoms with van der Waals surface area (Å²) >= 11 is 0. The van der Waals surface area contributed by atoms with Gasteiger partial charge in [-0.15, -0.1) is 0 Å². The summed E-state index contributed by atoms with van der Waals surface area (Å²) in [5, 5.41) is 0. The summed E-state index contributed by atoms with van der Waals surface area (Å²) in [5.41, 5.74) is 0. The first-order valence-corrected chi connectivity index (χ1v) is 24.1. The first kappa shape index (κ1) is 54.4. The topological polar surface area (TPSA) is 78.9 Å². The highest BCUT2D eigenvalue weighted by molar-refractivity contribution is 5.71. The van der Waals surface area contributed by atoms with E-state index in [0.717, 1.165) is 83.5 Å². The Morgan fingerprint density at radius 2 is 0.684 bits per heavy atom. The molecule has 0 aromatic heterocycles. The summed E-state index contributed by atoms with van der Waals surface area (Å²) in [7, 11) is 0. The molecule has 0 saturated carbocycles. The van der Waals surface area contributed by atoms with Gasteiger partial charge in [0.1, 0.15) is 13.2 Å². The zero-order valence-electron chi connectivity index (χ0n) is 37.6. The van der Waals surface area contributed by atoms with E-state index in [2.05, 4.69) is 69.4 Å². The minimum atomic E-state index is -0.784. The van der Waals surface area contributed by atoms with E-state index in [1.165, 1.54) is 116 Å². The largest absolute Gasteiger partial charge is 0.462 e. The van der Waals surface area contributed by atoms with Crippen molar-refractivity contribution in [1.29, 1.82) is 0 Å². The minimum Gasteiger partial charge on any atom is -0.462 e. The molecule has 0 amide bonds. The molecule has 0 aromatic carbocycles. The fourth-order valence-corrected chi connectivity index (χ4v) is 6.69. The fraction of sp³-hybridized carbons (Fsp3) is 0.784. The monoisotopic (exact) mass is 799 g/mol. The average molecular weight is 799 g/mol. The number of carbonyl (C=O) groups excluding carboxylic acids is 3. The molecule has 0 N–H and O–H groups in total. The van der Waals surface area contributed by atoms with Crippen molar-refractivity contribution in [3.63, 3.8) is 0 Å². The van der Waals surface area contributed by atoms with Crippen molar-refractivity contribution in [3.05, 3.63) is 48.6 Å². The third-order valence-electron chi connectivity index (χ3n) is 10.3. The molecule has 0 heterocycles. The number of carbonyl (C=O) groups is 3. The second-order valence-electron chi connectivity index (χ2n) is 16.0. The second-order valence-corrected chi connectivity index (χ2v) is 16.0. The Bertz CT molecular complexity index is 1010. The number of allylic oxidation sites excluding steroid dienone is 8. The van der Waals surface area contributed by atoms with Crippen molar-refractivity contribution < 1.29 is 28.6 Å². The molecule has 0 fully saturated rings. The predicted molar refractivity (Wildman–Crippen MR) is 242 cm³/mol. The molecule has 1 atom stereocenters. The van der Waals surface area contributed by atoms with Crippen LogP contribution in [0.5, 0.6) is 0 Å². The number of esters is 3. The van der Waals surface area contributed by atoms with Crippen LogP contribution in [0.1, 0.15) is 239 Å². The third kappa shape index (κ3) is 44.3. The normalized spacial score (nSPS) is 12.4. The Morgan fingerprint density at radius 3 is 1.12 bits per heavy atom. The quantitative estimate of drug-likeness (QED) is 0.0265. The molecule has 0 rings (SSSR count). The summed E-state index contributed by atoms with van der Waals surface area (Å²) in [6.07, 6.45) is 53.9. The van der Waals surface area contributed by atoms with Gasteiger partial charge in [0.2, 0.25) is 0 Å². The lowest BCUT2D eigenvalue weighted by atomic mass is 10.0. The van der Waals surface area contributed by atoms with E-state index in [0.29, 0.717) is 19.3 Å². The maximum atomic E-state index is 12.7. The van der Waals surface area contributed by atoms with Gasteiger partial charge in [-0.3, -0.25) is 14.4 Å². The van der Waals surface area contributed by atoms with Gasteiger partial charge in [0.05, 0.1) is 0 Å². The van der Waals surface area contributed by atoms with E-state index < -0.39 is 6.10 Å². The Balaban J connectivity index is 4.34. The highest BCUT2D eigenvalue weighted by Gasteiger charge is 2.19. The average Bonchev–Trinajstić information content (AvgIpc) is 3.21. The zero-order chi connectivity index (χ0) is 41.5. The van der Waals surface area contributed by atoms with Gasteiger partial charge in [-0.25, -0.2) is 0 Å². The van der Waals surface area contributed by atoms with Gasteiger partial charge < -0.3 is 14.2 Å². The van der Waals surface area contributed by atoms with Crippen molar-refractivity contribution in [2.24, 2.45) is 0 Å². The fourth-order valence-electron chi connectivity index (χ4n) is 6.69. The van der Waals surface area contributed by atoms with E-state index in [4.69, 9.17) is 14.2 Å². The molecule has 0 aliphatic rings. The van der Waals surface area contributed by atoms with Crippen LogP contribution in [0.25, 0.3) is 0 Å². The van der Waals surface area contributed by atoms with Crippen molar-refractivity contribution in [2.45, 2.75) is 245 Å². The third-order valence-corrected chi connectivity index (χ3v) is 10.3. The molecule has 0 saturated heterocycles. The van der Waals surface area contributed by atoms with Crippen molar-refractivity contribution in [1.82, 2.24) is 0 Å². The Morgan fingerprint density at radius 1 is 0.368 bits per heavy atom. The number of unbranched alkanes of at least 4 members (excludes halogenated alkanes) is 24. The lowest BCUT2D eigenvalue weighted by molar-refractivity contribution is -0.167. The lowest BCUT2D eigenvalue weighted by Gasteiger charge is -2.18. The number of rotatable bonds is 43. The molecule has 57 heavy (non-hydrogen) atoms. The summed E-state index contributed by atoms with van der Waals surface area (Å²) in [6.45, 7) is 6.45. The Kier molecular flexibility index (Phi) is 43.9. The highest BCUT2D eigenvalue weighted by Crippen LogP contribution is 2.15. The summed E-state index contributed by atoms with van der Waals surface area (Å²) < 4.78 is 16.7. The summed E-state index contributed by atoms with van der Waals surface area (Å²) in [5.74, 6) is -0.928. The summed E-state index contributed by atoms with van der Waals surface area (Å²) in [6, 6.07) is 0. The number of hydrogen-bond acceptors (Lipinski definition) is 6. The lowest BCUT2D eigenvalue weighted by Crippen LogP contribution is -2.30. The van der Waals surface area contributed by atoms with Crippen molar-refractivity contribution in [2.75, 3.05) is 13.2 Å². The van der Waals surface area contributed by atoms with Crippen LogP contribution in [0, 0.1) is 0 Å². The maximum Gasteiger partial charge on any atom is 0.306 e. The van der Waals surface area contributed by atoms with Crippen LogP contribution in [-0.2, 0) is 28.6 Å². The Hall–Kier alpha value is -2.63. The van der Waals surface area contributed by atoms with Crippen LogP contribution in [0.3, 0.4) is 0 Å². The van der Waals surface area contributed by atoms with E-state index in [-0.39, 0.29) is 31.1 Å². The van der Waals surface area contributed by atoms with Crippen LogP contribution in [0.2, 0.25) is 0 Å². The maximum absolute atomic E-state index is 12.7. The van der Waals surface area contributed by atoms with Gasteiger partial charge in [0, 0.05) is 19.3 Å². The van der Waals surface area contributed by atoms with Gasteiger partial charge >= 0.3 is 17.9 Å². The molecular formula is C51H90O6. The van der Waals surface area contributed by atoms with Gasteiger partial charge in [-0.05, 0) is 77.0 Å². The summed E-state index contributed by atoms with van der Waals surface area (Å²) in [4.78, 5) is 37.7. The number of ether oxygens (including phenoxy) is 3. The smallest absolute Gasteiger partial charge is 0.306 e. The molecule has 0 spiro atoms. The molecule has 6 heteroatoms. The van der Waals surface area contributed by atoms with E-state index >= 15 is 0 Å². The van der Waals surface area contributed by atoms with Gasteiger partial charge in [0.25, 0.3) is 0 Å². The van der Waals surface area contributed by atoms with Gasteiger partial charge in [-0.1, -0.05) is 191 Å². The van der Waals surface area contributed by atoms with Crippen LogP contribution in [0.4, 0.5) is 0 Å². The predicted octanol–water partition coefficient (Wildman–Crippen LogP) is 15.5. The highest BCUT2D eigenvalue weighted by atomic mass is 16.6. The van der Waals surface area contributed by atoms with E-state index in [1.54, 1.807) is 0 Å². The first-order chi connectivity index (χ1) is 28.0. The SMILES string of the molecule is CC/C=C\C/C=C\CCCCC(=O)OCC(COC(=O)CCCCCCCCC/C=C\C/C=C\CCCCC)OC(=O)CCCCCCCCCCCCCCC. The molecule has 0 aromatic rings. The molecule has 330 valence electrons. The molecular weight excluding hydrogens is 709 g/mol. The van der Waals surface area contributed by atoms with Crippen LogP contribution >= 0.6 is 0 Å². The molecule has 0 radical (unpaired) electrons. The standard InChI is InChI=1S/C51H90O6/c1-4-7-10-13-16-19-21-23-24-25-26-28-29-32-35-38-41-44-50(53)56-47-48(46-55-49(52)43-40-37-34-31-18-15-12-9-6-3)57-51(54)45-42-39-36-33-30-27-22-20-17-14-11-8-5-2/h9,12,16,18-19,23-24,31,48H,4-8,10-11,13-15,17,20-22,25-30,32-47H2,1-3H3/b12-9-,19-16-,24-23-,31-18-.